The van der Waals surface area contributed by atoms with Crippen molar-refractivity contribution >= 4 is 29.2 Å². The molecule has 0 aromatic heterocycles. The number of benzene rings is 4. The summed E-state index contributed by atoms with van der Waals surface area (Å²) < 4.78 is 5.38. The second kappa shape index (κ2) is 9.89. The van der Waals surface area contributed by atoms with E-state index in [4.69, 9.17) is 4.74 Å². The molecule has 0 heterocycles. The molecule has 0 bridgehead atoms. The van der Waals surface area contributed by atoms with Crippen LogP contribution in [0.2, 0.25) is 0 Å². The molecule has 0 aliphatic rings. The third-order valence-corrected chi connectivity index (χ3v) is 4.35. The van der Waals surface area contributed by atoms with Crippen LogP contribution in [0.1, 0.15) is 15.9 Å². The summed E-state index contributed by atoms with van der Waals surface area (Å²) in [5.74, 6) is 0.102. The Labute approximate surface area is 180 Å². The Morgan fingerprint density at radius 1 is 0.613 bits per heavy atom. The first-order valence-corrected chi connectivity index (χ1v) is 9.74. The number of carbonyl (C=O) groups is 1. The van der Waals surface area contributed by atoms with E-state index in [-0.39, 0.29) is 5.97 Å². The third kappa shape index (κ3) is 5.81. The van der Waals surface area contributed by atoms with Crippen molar-refractivity contribution in [2.24, 2.45) is 15.2 Å². The molecule has 0 atom stereocenters. The van der Waals surface area contributed by atoms with Crippen LogP contribution in [-0.4, -0.2) is 12.2 Å². The molecule has 0 saturated heterocycles. The number of nitrogens with zero attached hydrogens (tertiary/aromatic N) is 3. The van der Waals surface area contributed by atoms with E-state index in [2.05, 4.69) is 15.2 Å². The SMILES string of the molecule is O=C(Oc1ccc(C=Nc2ccc(N=Nc3ccccc3)cc2)cc1)c1ccccc1. The number of hydrogen-bond acceptors (Lipinski definition) is 5. The molecule has 0 unspecified atom stereocenters. The second-order valence-corrected chi connectivity index (χ2v) is 6.63. The maximum atomic E-state index is 12.1. The standard InChI is InChI=1S/C26H19N3O2/c30-26(21-7-3-1-4-8-21)31-25-17-11-20(12-18-25)19-27-22-13-15-24(16-14-22)29-28-23-9-5-2-6-10-23/h1-19H. The third-order valence-electron chi connectivity index (χ3n) is 4.35. The van der Waals surface area contributed by atoms with Gasteiger partial charge in [0, 0.05) is 6.21 Å². The van der Waals surface area contributed by atoms with E-state index in [1.165, 1.54) is 0 Å². The molecule has 0 aliphatic carbocycles. The van der Waals surface area contributed by atoms with Gasteiger partial charge in [0.25, 0.3) is 0 Å². The summed E-state index contributed by atoms with van der Waals surface area (Å²) in [5, 5.41) is 8.42. The first-order valence-electron chi connectivity index (χ1n) is 9.74. The van der Waals surface area contributed by atoms with E-state index in [1.54, 1.807) is 42.6 Å². The molecule has 0 fully saturated rings. The van der Waals surface area contributed by atoms with E-state index in [9.17, 15) is 4.79 Å². The van der Waals surface area contributed by atoms with Crippen molar-refractivity contribution in [1.29, 1.82) is 0 Å². The van der Waals surface area contributed by atoms with Crippen molar-refractivity contribution in [2.45, 2.75) is 0 Å². The van der Waals surface area contributed by atoms with Gasteiger partial charge < -0.3 is 4.74 Å². The highest BCUT2D eigenvalue weighted by Gasteiger charge is 2.07. The highest BCUT2D eigenvalue weighted by Crippen LogP contribution is 2.21. The Morgan fingerprint density at radius 2 is 1.16 bits per heavy atom. The van der Waals surface area contributed by atoms with Gasteiger partial charge in [0.05, 0.1) is 22.6 Å². The summed E-state index contributed by atoms with van der Waals surface area (Å²) in [6.07, 6.45) is 1.75. The Kier molecular flexibility index (Phi) is 6.36. The van der Waals surface area contributed by atoms with Gasteiger partial charge in [0.15, 0.2) is 0 Å². The monoisotopic (exact) mass is 405 g/mol. The molecule has 0 spiro atoms. The summed E-state index contributed by atoms with van der Waals surface area (Å²) in [4.78, 5) is 16.6. The number of rotatable bonds is 6. The van der Waals surface area contributed by atoms with E-state index in [1.807, 2.05) is 72.8 Å². The molecule has 0 radical (unpaired) electrons. The van der Waals surface area contributed by atoms with Gasteiger partial charge in [-0.1, -0.05) is 36.4 Å². The molecule has 31 heavy (non-hydrogen) atoms. The molecule has 4 aromatic rings. The van der Waals surface area contributed by atoms with Crippen molar-refractivity contribution in [3.63, 3.8) is 0 Å². The molecule has 5 nitrogen and oxygen atoms in total. The van der Waals surface area contributed by atoms with Crippen molar-refractivity contribution in [2.75, 3.05) is 0 Å². The van der Waals surface area contributed by atoms with Crippen molar-refractivity contribution < 1.29 is 9.53 Å². The van der Waals surface area contributed by atoms with Gasteiger partial charge in [-0.2, -0.15) is 10.2 Å². The molecule has 0 saturated carbocycles. The zero-order valence-corrected chi connectivity index (χ0v) is 16.6. The van der Waals surface area contributed by atoms with Crippen molar-refractivity contribution in [3.05, 3.63) is 120 Å². The van der Waals surface area contributed by atoms with Crippen LogP contribution in [-0.2, 0) is 0 Å². The van der Waals surface area contributed by atoms with Gasteiger partial charge in [-0.3, -0.25) is 4.99 Å². The fourth-order valence-electron chi connectivity index (χ4n) is 2.73. The fourth-order valence-corrected chi connectivity index (χ4v) is 2.73. The molecule has 0 aliphatic heterocycles. The summed E-state index contributed by atoms with van der Waals surface area (Å²) in [6.45, 7) is 0. The summed E-state index contributed by atoms with van der Waals surface area (Å²) in [5.41, 5.74) is 3.78. The minimum Gasteiger partial charge on any atom is -0.423 e. The van der Waals surface area contributed by atoms with Gasteiger partial charge in [-0.15, -0.1) is 0 Å². The van der Waals surface area contributed by atoms with Gasteiger partial charge in [0.2, 0.25) is 0 Å². The van der Waals surface area contributed by atoms with Crippen LogP contribution in [0.3, 0.4) is 0 Å². The number of hydrogen-bond donors (Lipinski definition) is 0. The second-order valence-electron chi connectivity index (χ2n) is 6.63. The van der Waals surface area contributed by atoms with Gasteiger partial charge in [-0.25, -0.2) is 4.79 Å². The highest BCUT2D eigenvalue weighted by atomic mass is 16.5. The lowest BCUT2D eigenvalue weighted by Gasteiger charge is -2.04. The summed E-state index contributed by atoms with van der Waals surface area (Å²) in [6, 6.07) is 33.2. The first kappa shape index (κ1) is 19.9. The fraction of sp³-hybridized carbons (Fsp3) is 0. The zero-order valence-electron chi connectivity index (χ0n) is 16.6. The van der Waals surface area contributed by atoms with Gasteiger partial charge >= 0.3 is 5.97 Å². The van der Waals surface area contributed by atoms with E-state index < -0.39 is 0 Å². The Hall–Kier alpha value is -4.38. The maximum Gasteiger partial charge on any atom is 0.343 e. The highest BCUT2D eigenvalue weighted by molar-refractivity contribution is 5.91. The van der Waals surface area contributed by atoms with Crippen LogP contribution in [0.5, 0.6) is 5.75 Å². The predicted molar refractivity (Wildman–Crippen MR) is 122 cm³/mol. The molecule has 150 valence electrons. The Balaban J connectivity index is 1.35. The van der Waals surface area contributed by atoms with Crippen LogP contribution >= 0.6 is 0 Å². The first-order chi connectivity index (χ1) is 15.3. The average Bonchev–Trinajstić information content (AvgIpc) is 2.84. The van der Waals surface area contributed by atoms with Gasteiger partial charge in [-0.05, 0) is 78.4 Å². The lowest BCUT2D eigenvalue weighted by atomic mass is 10.2. The minimum atomic E-state index is -0.383. The van der Waals surface area contributed by atoms with E-state index >= 15 is 0 Å². The number of carbonyl (C=O) groups excluding carboxylic acids is 1. The predicted octanol–water partition coefficient (Wildman–Crippen LogP) is 7.07. The number of esters is 1. The molecular weight excluding hydrogens is 386 g/mol. The molecule has 4 rings (SSSR count). The van der Waals surface area contributed by atoms with Crippen LogP contribution in [0.25, 0.3) is 0 Å². The minimum absolute atomic E-state index is 0.383. The molecule has 0 amide bonds. The zero-order chi connectivity index (χ0) is 21.3. The largest absolute Gasteiger partial charge is 0.423 e. The van der Waals surface area contributed by atoms with Crippen molar-refractivity contribution in [3.8, 4) is 5.75 Å². The van der Waals surface area contributed by atoms with E-state index in [0.29, 0.717) is 11.3 Å². The number of azo groups is 1. The molecule has 5 heteroatoms. The average molecular weight is 405 g/mol. The Bertz CT molecular complexity index is 1190. The van der Waals surface area contributed by atoms with E-state index in [0.717, 1.165) is 22.6 Å². The van der Waals surface area contributed by atoms with Crippen molar-refractivity contribution in [1.82, 2.24) is 0 Å². The van der Waals surface area contributed by atoms with Crippen LogP contribution in [0.4, 0.5) is 17.1 Å². The maximum absolute atomic E-state index is 12.1. The molecule has 0 N–H and O–H groups in total. The van der Waals surface area contributed by atoms with Crippen LogP contribution < -0.4 is 4.74 Å². The number of aliphatic imine (C=N–C) groups is 1. The van der Waals surface area contributed by atoms with Crippen LogP contribution in [0.15, 0.2) is 124 Å². The van der Waals surface area contributed by atoms with Crippen LogP contribution in [0, 0.1) is 0 Å². The summed E-state index contributed by atoms with van der Waals surface area (Å²) in [7, 11) is 0. The smallest absolute Gasteiger partial charge is 0.343 e. The molecule has 4 aromatic carbocycles. The van der Waals surface area contributed by atoms with Gasteiger partial charge in [0.1, 0.15) is 5.75 Å². The Morgan fingerprint density at radius 3 is 1.81 bits per heavy atom. The number of ether oxygens (including phenoxy) is 1. The lowest BCUT2D eigenvalue weighted by molar-refractivity contribution is 0.0735. The quantitative estimate of drug-likeness (QED) is 0.149. The normalized spacial score (nSPS) is 11.1. The topological polar surface area (TPSA) is 63.4 Å². The lowest BCUT2D eigenvalue weighted by Crippen LogP contribution is -2.07. The molecular formula is C26H19N3O2. The summed E-state index contributed by atoms with van der Waals surface area (Å²) >= 11 is 0.